The molecule has 0 fully saturated rings. The van der Waals surface area contributed by atoms with E-state index < -0.39 is 16.4 Å². The number of benzene rings is 1. The lowest BCUT2D eigenvalue weighted by atomic mass is 9.96. The molecular formula is C21H21N3O5S. The van der Waals surface area contributed by atoms with Crippen LogP contribution in [0.4, 0.5) is 5.69 Å². The molecule has 2 heterocycles. The second-order valence-corrected chi connectivity index (χ2v) is 9.11. The van der Waals surface area contributed by atoms with Crippen LogP contribution < -0.4 is 5.56 Å². The first-order valence-corrected chi connectivity index (χ1v) is 10.5. The van der Waals surface area contributed by atoms with Gasteiger partial charge in [0.1, 0.15) is 16.2 Å². The molecule has 3 aromatic rings. The third-order valence-electron chi connectivity index (χ3n) is 5.65. The number of non-ortho nitro benzene ring substituents is 1. The first-order chi connectivity index (χ1) is 14.2. The maximum Gasteiger partial charge on any atom is 0.329 e. The Hall–Kier alpha value is -3.07. The van der Waals surface area contributed by atoms with Crippen molar-refractivity contribution in [2.45, 2.75) is 51.5 Å². The average Bonchev–Trinajstić information content (AvgIpc) is 3.06. The molecule has 0 aliphatic heterocycles. The summed E-state index contributed by atoms with van der Waals surface area (Å²) in [5.41, 5.74) is -0.128. The molecule has 1 aliphatic carbocycles. The largest absolute Gasteiger partial charge is 0.480 e. The molecule has 0 spiro atoms. The van der Waals surface area contributed by atoms with Gasteiger partial charge in [0, 0.05) is 23.4 Å². The van der Waals surface area contributed by atoms with Gasteiger partial charge < -0.3 is 5.11 Å². The smallest absolute Gasteiger partial charge is 0.329 e. The number of carbonyl (C=O) groups is 1. The summed E-state index contributed by atoms with van der Waals surface area (Å²) < 4.78 is 1.28. The number of aromatic nitrogens is 2. The van der Waals surface area contributed by atoms with Crippen molar-refractivity contribution in [1.82, 2.24) is 9.55 Å². The zero-order valence-electron chi connectivity index (χ0n) is 16.7. The SMILES string of the molecule is CC(C)(C(=O)O)n1c(Cc2ccc([N+](=O)[O-])cc2)nc2sc3c(c2c1=O)CCCC3. The Morgan fingerprint density at radius 2 is 1.93 bits per heavy atom. The van der Waals surface area contributed by atoms with E-state index in [0.717, 1.165) is 36.1 Å². The molecule has 0 radical (unpaired) electrons. The standard InChI is InChI=1S/C21H21N3O5S/c1-21(2,20(26)27)23-16(11-12-7-9-13(10-8-12)24(28)29)22-18-17(19(23)25)14-5-3-4-6-15(14)30-18/h7-10H,3-6,11H2,1-2H3,(H,26,27). The van der Waals surface area contributed by atoms with Gasteiger partial charge in [-0.2, -0.15) is 0 Å². The molecule has 9 heteroatoms. The number of carboxylic acids is 1. The molecule has 0 atom stereocenters. The number of fused-ring (bicyclic) bond motifs is 3. The summed E-state index contributed by atoms with van der Waals surface area (Å²) in [6.07, 6.45) is 4.00. The lowest BCUT2D eigenvalue weighted by Crippen LogP contribution is -2.45. The molecule has 2 aromatic heterocycles. The van der Waals surface area contributed by atoms with Crippen LogP contribution in [0.25, 0.3) is 10.2 Å². The molecule has 4 rings (SSSR count). The van der Waals surface area contributed by atoms with Crippen molar-refractivity contribution in [3.63, 3.8) is 0 Å². The topological polar surface area (TPSA) is 115 Å². The number of aryl methyl sites for hydroxylation is 2. The molecule has 1 aliphatic rings. The number of hydrogen-bond donors (Lipinski definition) is 1. The molecular weight excluding hydrogens is 406 g/mol. The van der Waals surface area contributed by atoms with E-state index >= 15 is 0 Å². The summed E-state index contributed by atoms with van der Waals surface area (Å²) in [7, 11) is 0. The van der Waals surface area contributed by atoms with E-state index in [9.17, 15) is 24.8 Å². The van der Waals surface area contributed by atoms with Gasteiger partial charge in [0.05, 0.1) is 10.3 Å². The highest BCUT2D eigenvalue weighted by atomic mass is 32.1. The van der Waals surface area contributed by atoms with Gasteiger partial charge in [-0.1, -0.05) is 12.1 Å². The summed E-state index contributed by atoms with van der Waals surface area (Å²) >= 11 is 1.51. The normalized spacial score (nSPS) is 13.9. The molecule has 156 valence electrons. The van der Waals surface area contributed by atoms with E-state index in [0.29, 0.717) is 21.6 Å². The van der Waals surface area contributed by atoms with Crippen LogP contribution >= 0.6 is 11.3 Å². The van der Waals surface area contributed by atoms with Gasteiger partial charge in [-0.25, -0.2) is 9.78 Å². The molecule has 1 N–H and O–H groups in total. The number of nitro groups is 1. The summed E-state index contributed by atoms with van der Waals surface area (Å²) in [4.78, 5) is 42.5. The Labute approximate surface area is 176 Å². The second-order valence-electron chi connectivity index (χ2n) is 8.02. The van der Waals surface area contributed by atoms with Gasteiger partial charge in [0.25, 0.3) is 11.2 Å². The number of nitrogens with zero attached hydrogens (tertiary/aromatic N) is 3. The van der Waals surface area contributed by atoms with Crippen molar-refractivity contribution in [3.8, 4) is 0 Å². The predicted octanol–water partition coefficient (Wildman–Crippen LogP) is 3.66. The van der Waals surface area contributed by atoms with Crippen molar-refractivity contribution in [2.75, 3.05) is 0 Å². The first kappa shape index (κ1) is 20.2. The van der Waals surface area contributed by atoms with Crippen LogP contribution in [0.3, 0.4) is 0 Å². The summed E-state index contributed by atoms with van der Waals surface area (Å²) in [6.45, 7) is 2.98. The Bertz CT molecular complexity index is 1220. The third-order valence-corrected chi connectivity index (χ3v) is 6.84. The van der Waals surface area contributed by atoms with Crippen LogP contribution in [0.1, 0.15) is 48.5 Å². The zero-order chi connectivity index (χ0) is 21.6. The summed E-state index contributed by atoms with van der Waals surface area (Å²) in [6, 6.07) is 5.99. The first-order valence-electron chi connectivity index (χ1n) is 9.73. The van der Waals surface area contributed by atoms with E-state index in [-0.39, 0.29) is 17.7 Å². The van der Waals surface area contributed by atoms with E-state index in [2.05, 4.69) is 0 Å². The highest BCUT2D eigenvalue weighted by Crippen LogP contribution is 2.34. The fourth-order valence-corrected chi connectivity index (χ4v) is 5.23. The fourth-order valence-electron chi connectivity index (χ4n) is 3.96. The lowest BCUT2D eigenvalue weighted by Gasteiger charge is -2.26. The quantitative estimate of drug-likeness (QED) is 0.491. The van der Waals surface area contributed by atoms with Crippen molar-refractivity contribution in [2.24, 2.45) is 0 Å². The number of nitro benzene ring substituents is 1. The highest BCUT2D eigenvalue weighted by molar-refractivity contribution is 7.18. The van der Waals surface area contributed by atoms with Gasteiger partial charge in [0.15, 0.2) is 0 Å². The van der Waals surface area contributed by atoms with Crippen molar-refractivity contribution in [3.05, 3.63) is 66.6 Å². The van der Waals surface area contributed by atoms with E-state index in [1.54, 1.807) is 12.1 Å². The van der Waals surface area contributed by atoms with Crippen molar-refractivity contribution < 1.29 is 14.8 Å². The van der Waals surface area contributed by atoms with Crippen LogP contribution in [0, 0.1) is 10.1 Å². The minimum absolute atomic E-state index is 0.0312. The minimum atomic E-state index is -1.49. The van der Waals surface area contributed by atoms with Crippen LogP contribution in [0.2, 0.25) is 0 Å². The van der Waals surface area contributed by atoms with Crippen LogP contribution in [0.5, 0.6) is 0 Å². The number of hydrogen-bond acceptors (Lipinski definition) is 6. The molecule has 0 unspecified atom stereocenters. The number of carboxylic acid groups (broad SMARTS) is 1. The van der Waals surface area contributed by atoms with Gasteiger partial charge in [-0.05, 0) is 50.7 Å². The number of rotatable bonds is 5. The maximum absolute atomic E-state index is 13.5. The minimum Gasteiger partial charge on any atom is -0.480 e. The molecule has 8 nitrogen and oxygen atoms in total. The Morgan fingerprint density at radius 3 is 2.57 bits per heavy atom. The Balaban J connectivity index is 1.92. The summed E-state index contributed by atoms with van der Waals surface area (Å²) in [5.74, 6) is -0.785. The number of thiophene rings is 1. The fraction of sp³-hybridized carbons (Fsp3) is 0.381. The van der Waals surface area contributed by atoms with Gasteiger partial charge >= 0.3 is 5.97 Å². The summed E-state index contributed by atoms with van der Waals surface area (Å²) in [5, 5.41) is 21.2. The molecule has 1 aromatic carbocycles. The number of aliphatic carboxylic acids is 1. The van der Waals surface area contributed by atoms with Crippen LogP contribution in [-0.4, -0.2) is 25.6 Å². The van der Waals surface area contributed by atoms with Gasteiger partial charge in [-0.3, -0.25) is 19.5 Å². The molecule has 0 saturated heterocycles. The highest BCUT2D eigenvalue weighted by Gasteiger charge is 2.35. The van der Waals surface area contributed by atoms with E-state index in [4.69, 9.17) is 4.98 Å². The molecule has 0 bridgehead atoms. The van der Waals surface area contributed by atoms with Crippen molar-refractivity contribution in [1.29, 1.82) is 0 Å². The zero-order valence-corrected chi connectivity index (χ0v) is 17.5. The molecule has 0 saturated carbocycles. The Kier molecular flexibility index (Phi) is 4.93. The van der Waals surface area contributed by atoms with Crippen LogP contribution in [-0.2, 0) is 29.6 Å². The van der Waals surface area contributed by atoms with Gasteiger partial charge in [0.2, 0.25) is 0 Å². The predicted molar refractivity (Wildman–Crippen MR) is 113 cm³/mol. The van der Waals surface area contributed by atoms with Gasteiger partial charge in [-0.15, -0.1) is 11.3 Å². The van der Waals surface area contributed by atoms with E-state index in [1.165, 1.54) is 41.9 Å². The van der Waals surface area contributed by atoms with Crippen molar-refractivity contribution >= 4 is 33.2 Å². The second kappa shape index (κ2) is 7.32. The maximum atomic E-state index is 13.5. The third kappa shape index (κ3) is 3.28. The Morgan fingerprint density at radius 1 is 1.27 bits per heavy atom. The molecule has 0 amide bonds. The van der Waals surface area contributed by atoms with E-state index in [1.807, 2.05) is 0 Å². The van der Waals surface area contributed by atoms with Crippen LogP contribution in [0.15, 0.2) is 29.1 Å². The molecule has 30 heavy (non-hydrogen) atoms. The monoisotopic (exact) mass is 427 g/mol. The average molecular weight is 427 g/mol. The lowest BCUT2D eigenvalue weighted by molar-refractivity contribution is -0.384.